The molecule has 1 aromatic rings. The van der Waals surface area contributed by atoms with Crippen molar-refractivity contribution in [3.8, 4) is 17.2 Å². The summed E-state index contributed by atoms with van der Waals surface area (Å²) in [7, 11) is 2.79. The van der Waals surface area contributed by atoms with Crippen LogP contribution < -0.4 is 9.47 Å². The Bertz CT molecular complexity index is 1460. The van der Waals surface area contributed by atoms with Crippen LogP contribution in [0.3, 0.4) is 0 Å². The molecule has 2 aliphatic carbocycles. The van der Waals surface area contributed by atoms with E-state index >= 15 is 0 Å². The Morgan fingerprint density at radius 1 is 0.723 bits per heavy atom. The van der Waals surface area contributed by atoms with Gasteiger partial charge in [-0.3, -0.25) is 38.6 Å². The molecule has 5 rings (SSSR count). The number of hydrogen-bond donors (Lipinski definition) is 3. The van der Waals surface area contributed by atoms with Gasteiger partial charge in [0.15, 0.2) is 11.5 Å². The van der Waals surface area contributed by atoms with Gasteiger partial charge in [0.25, 0.3) is 0 Å². The Morgan fingerprint density at radius 3 is 1.74 bits per heavy atom. The lowest BCUT2D eigenvalue weighted by atomic mass is 9.57. The molecule has 13 heteroatoms. The van der Waals surface area contributed by atoms with E-state index in [2.05, 4.69) is 0 Å². The molecule has 2 aliphatic heterocycles. The second-order valence-corrected chi connectivity index (χ2v) is 12.9. The topological polar surface area (TPSA) is 188 Å². The minimum Gasteiger partial charge on any atom is -0.502 e. The van der Waals surface area contributed by atoms with Crippen LogP contribution in [0.2, 0.25) is 0 Å². The van der Waals surface area contributed by atoms with Gasteiger partial charge in [-0.05, 0) is 62.1 Å². The third-order valence-electron chi connectivity index (χ3n) is 10.2. The second kappa shape index (κ2) is 14.1. The van der Waals surface area contributed by atoms with E-state index in [4.69, 9.17) is 19.7 Å². The van der Waals surface area contributed by atoms with Crippen molar-refractivity contribution in [1.82, 2.24) is 9.80 Å². The third-order valence-corrected chi connectivity index (χ3v) is 10.2. The molecule has 0 aromatic heterocycles. The zero-order chi connectivity index (χ0) is 34.0. The number of phenols is 1. The monoisotopic (exact) mass is 654 g/mol. The van der Waals surface area contributed by atoms with Crippen LogP contribution in [0, 0.1) is 29.6 Å². The minimum atomic E-state index is -0.905. The van der Waals surface area contributed by atoms with Crippen molar-refractivity contribution in [2.45, 2.75) is 70.1 Å². The number of likely N-dealkylation sites (tertiary alicyclic amines) is 2. The van der Waals surface area contributed by atoms with Gasteiger partial charge < -0.3 is 24.8 Å². The Morgan fingerprint density at radius 2 is 1.23 bits per heavy atom. The molecule has 254 valence electrons. The number of amides is 4. The number of aliphatic carboxylic acids is 2. The molecule has 0 spiro atoms. The molecule has 0 bridgehead atoms. The van der Waals surface area contributed by atoms with Gasteiger partial charge in [0.1, 0.15) is 0 Å². The van der Waals surface area contributed by atoms with Crippen molar-refractivity contribution in [2.75, 3.05) is 27.3 Å². The number of rotatable bonds is 15. The number of fused-ring (bicyclic) bond motifs is 4. The van der Waals surface area contributed by atoms with E-state index in [1.807, 2.05) is 6.08 Å². The molecule has 4 amide bonds. The first-order valence-corrected chi connectivity index (χ1v) is 16.3. The number of carboxylic acid groups (broad SMARTS) is 2. The molecule has 13 nitrogen and oxygen atoms in total. The first-order chi connectivity index (χ1) is 22.5. The fourth-order valence-corrected chi connectivity index (χ4v) is 8.07. The summed E-state index contributed by atoms with van der Waals surface area (Å²) in [5, 5.41) is 28.5. The van der Waals surface area contributed by atoms with E-state index in [1.165, 1.54) is 24.0 Å². The number of imide groups is 2. The van der Waals surface area contributed by atoms with Gasteiger partial charge >= 0.3 is 11.9 Å². The molecule has 47 heavy (non-hydrogen) atoms. The van der Waals surface area contributed by atoms with Crippen molar-refractivity contribution in [1.29, 1.82) is 0 Å². The maximum atomic E-state index is 14.1. The number of nitrogens with zero attached hydrogens (tertiary/aromatic N) is 2. The van der Waals surface area contributed by atoms with Crippen molar-refractivity contribution in [3.63, 3.8) is 0 Å². The molecule has 6 atom stereocenters. The Labute approximate surface area is 272 Å². The molecule has 1 saturated carbocycles. The minimum absolute atomic E-state index is 0.00419. The summed E-state index contributed by atoms with van der Waals surface area (Å²) in [4.78, 5) is 79.8. The van der Waals surface area contributed by atoms with Crippen LogP contribution in [0.25, 0.3) is 0 Å². The van der Waals surface area contributed by atoms with Gasteiger partial charge in [0.05, 0.1) is 37.9 Å². The van der Waals surface area contributed by atoms with E-state index in [0.29, 0.717) is 50.5 Å². The predicted octanol–water partition coefficient (Wildman–Crippen LogP) is 3.34. The number of carboxylic acids is 2. The number of phenolic OH excluding ortho intramolecular Hbond substituents is 1. The molecule has 4 aliphatic rings. The highest BCUT2D eigenvalue weighted by atomic mass is 16.5. The van der Waals surface area contributed by atoms with E-state index in [0.717, 1.165) is 5.57 Å². The maximum Gasteiger partial charge on any atom is 0.303 e. The number of ether oxygens (including phenoxy) is 2. The predicted molar refractivity (Wildman–Crippen MR) is 164 cm³/mol. The summed E-state index contributed by atoms with van der Waals surface area (Å²) in [6.07, 6.45) is 5.41. The van der Waals surface area contributed by atoms with Crippen molar-refractivity contribution in [3.05, 3.63) is 29.3 Å². The molecule has 0 radical (unpaired) electrons. The highest BCUT2D eigenvalue weighted by molar-refractivity contribution is 6.08. The Kier molecular flexibility index (Phi) is 10.2. The summed E-state index contributed by atoms with van der Waals surface area (Å²) in [5.41, 5.74) is 1.38. The Hall–Kier alpha value is -4.42. The number of unbranched alkanes of at least 4 members (excludes halogenated alkanes) is 4. The van der Waals surface area contributed by atoms with E-state index < -0.39 is 47.4 Å². The van der Waals surface area contributed by atoms with Crippen LogP contribution in [-0.4, -0.2) is 88.0 Å². The quantitative estimate of drug-likeness (QED) is 0.143. The first kappa shape index (κ1) is 33.9. The van der Waals surface area contributed by atoms with Gasteiger partial charge in [-0.25, -0.2) is 0 Å². The average Bonchev–Trinajstić information content (AvgIpc) is 3.43. The van der Waals surface area contributed by atoms with Crippen LogP contribution in [-0.2, 0) is 28.8 Å². The summed E-state index contributed by atoms with van der Waals surface area (Å²) in [5.74, 6) is -6.95. The van der Waals surface area contributed by atoms with Crippen molar-refractivity contribution >= 4 is 35.6 Å². The molecule has 1 aromatic carbocycles. The summed E-state index contributed by atoms with van der Waals surface area (Å²) in [6, 6.07) is 3.23. The van der Waals surface area contributed by atoms with Gasteiger partial charge in [-0.15, -0.1) is 0 Å². The molecule has 3 N–H and O–H groups in total. The van der Waals surface area contributed by atoms with E-state index in [-0.39, 0.29) is 73.2 Å². The number of benzene rings is 1. The zero-order valence-corrected chi connectivity index (χ0v) is 26.7. The van der Waals surface area contributed by atoms with E-state index in [1.54, 1.807) is 12.1 Å². The zero-order valence-electron chi connectivity index (χ0n) is 26.7. The largest absolute Gasteiger partial charge is 0.502 e. The number of carbonyl (C=O) groups is 6. The number of hydrogen-bond acceptors (Lipinski definition) is 9. The standard InChI is InChI=1S/C34H42N2O11/c1-46-23-15-18(16-24(47-2)30(23)41)27-19-11-12-20-28(33(44)35(31(20)42)13-7-3-5-9-25(37)38)21(19)17-22-29(27)34(45)36(32(22)43)14-8-4-6-10-26(39)40/h11,15-16,20-22,27-29,41H,3-10,12-14,17H2,1-2H3,(H,37,38)(H,39,40)/t20-,21+,22+,27-,28-,29+/m0/s1. The van der Waals surface area contributed by atoms with Crippen molar-refractivity contribution < 1.29 is 53.6 Å². The van der Waals surface area contributed by atoms with Crippen LogP contribution in [0.4, 0.5) is 0 Å². The average molecular weight is 655 g/mol. The third kappa shape index (κ3) is 6.44. The molecular weight excluding hydrogens is 612 g/mol. The lowest BCUT2D eigenvalue weighted by Gasteiger charge is -2.44. The molecular formula is C34H42N2O11. The summed E-state index contributed by atoms with van der Waals surface area (Å²) >= 11 is 0. The summed E-state index contributed by atoms with van der Waals surface area (Å²) in [6.45, 7) is 0.351. The molecule has 3 fully saturated rings. The highest BCUT2D eigenvalue weighted by Crippen LogP contribution is 2.58. The fraction of sp³-hybridized carbons (Fsp3) is 0.588. The fourth-order valence-electron chi connectivity index (χ4n) is 8.07. The SMILES string of the molecule is COc1cc([C@H]2C3=CC[C@@H]4C(=O)N(CCCCCC(=O)O)C(=O)[C@@H]4[C@@H]3C[C@H]3C(=O)N(CCCCCC(=O)O)C(=O)[C@@H]23)cc(OC)c1O. The molecule has 0 unspecified atom stereocenters. The van der Waals surface area contributed by atoms with Gasteiger partial charge in [0.2, 0.25) is 29.4 Å². The van der Waals surface area contributed by atoms with Crippen LogP contribution >= 0.6 is 0 Å². The Balaban J connectivity index is 1.46. The molecule has 2 heterocycles. The maximum absolute atomic E-state index is 14.1. The second-order valence-electron chi connectivity index (χ2n) is 12.9. The van der Waals surface area contributed by atoms with Crippen LogP contribution in [0.5, 0.6) is 17.2 Å². The number of aromatic hydroxyl groups is 1. The van der Waals surface area contributed by atoms with Gasteiger partial charge in [0, 0.05) is 31.8 Å². The first-order valence-electron chi connectivity index (χ1n) is 16.3. The van der Waals surface area contributed by atoms with Crippen LogP contribution in [0.1, 0.15) is 75.7 Å². The van der Waals surface area contributed by atoms with Gasteiger partial charge in [-0.2, -0.15) is 0 Å². The highest BCUT2D eigenvalue weighted by Gasteiger charge is 2.61. The lowest BCUT2D eigenvalue weighted by Crippen LogP contribution is -2.43. The van der Waals surface area contributed by atoms with Crippen molar-refractivity contribution in [2.24, 2.45) is 29.6 Å². The van der Waals surface area contributed by atoms with Crippen LogP contribution in [0.15, 0.2) is 23.8 Å². The summed E-state index contributed by atoms with van der Waals surface area (Å²) < 4.78 is 10.8. The number of carbonyl (C=O) groups excluding carboxylic acids is 4. The smallest absolute Gasteiger partial charge is 0.303 e. The normalized spacial score (nSPS) is 26.6. The van der Waals surface area contributed by atoms with Gasteiger partial charge in [-0.1, -0.05) is 24.5 Å². The lowest BCUT2D eigenvalue weighted by molar-refractivity contribution is -0.142. The van der Waals surface area contributed by atoms with E-state index in [9.17, 15) is 33.9 Å². The number of allylic oxidation sites excluding steroid dienone is 2. The molecule has 2 saturated heterocycles. The number of methoxy groups -OCH3 is 2.